The van der Waals surface area contributed by atoms with Crippen molar-refractivity contribution in [1.29, 1.82) is 0 Å². The average molecular weight is 355 g/mol. The molecule has 1 atom stereocenters. The van der Waals surface area contributed by atoms with Gasteiger partial charge in [-0.3, -0.25) is 4.79 Å². The van der Waals surface area contributed by atoms with E-state index in [4.69, 9.17) is 0 Å². The molecule has 0 aromatic heterocycles. The van der Waals surface area contributed by atoms with Crippen LogP contribution >= 0.6 is 11.8 Å². The van der Waals surface area contributed by atoms with Crippen molar-refractivity contribution in [3.8, 4) is 0 Å². The first-order chi connectivity index (χ1) is 11.3. The van der Waals surface area contributed by atoms with Gasteiger partial charge in [0.2, 0.25) is 5.60 Å². The molecular weight excluding hydrogens is 339 g/mol. The summed E-state index contributed by atoms with van der Waals surface area (Å²) in [7, 11) is 0. The summed E-state index contributed by atoms with van der Waals surface area (Å²) in [5.41, 5.74) is -3.21. The van der Waals surface area contributed by atoms with Crippen LogP contribution in [-0.2, 0) is 5.60 Å². The number of carbonyl (C=O) groups excluding carboxylic acids is 1. The molecule has 2 aromatic rings. The maximum absolute atomic E-state index is 13.4. The number of nitrogens with one attached hydrogen (secondary N) is 1. The van der Waals surface area contributed by atoms with Crippen molar-refractivity contribution in [1.82, 2.24) is 5.32 Å². The Bertz CT molecular complexity index is 706. The lowest BCUT2D eigenvalue weighted by atomic mass is 9.93. The van der Waals surface area contributed by atoms with Crippen molar-refractivity contribution in [2.45, 2.75) is 16.7 Å². The second kappa shape index (κ2) is 7.27. The number of carbonyl (C=O) groups is 1. The molecular formula is C17H16F3NO2S. The minimum absolute atomic E-state index is 0.266. The number of hydrogen-bond donors (Lipinski definition) is 2. The second-order valence-corrected chi connectivity index (χ2v) is 5.96. The minimum Gasteiger partial charge on any atom is -0.375 e. The van der Waals surface area contributed by atoms with Crippen LogP contribution in [0.3, 0.4) is 0 Å². The molecule has 0 bridgehead atoms. The summed E-state index contributed by atoms with van der Waals surface area (Å²) in [5, 5.41) is 12.4. The molecule has 0 saturated heterocycles. The summed E-state index contributed by atoms with van der Waals surface area (Å²) in [4.78, 5) is 12.9. The molecule has 2 rings (SSSR count). The predicted molar refractivity (Wildman–Crippen MR) is 87.0 cm³/mol. The van der Waals surface area contributed by atoms with Crippen LogP contribution in [-0.4, -0.2) is 30.0 Å². The monoisotopic (exact) mass is 355 g/mol. The lowest BCUT2D eigenvalue weighted by Crippen LogP contribution is -2.51. The van der Waals surface area contributed by atoms with Crippen molar-refractivity contribution in [3.63, 3.8) is 0 Å². The van der Waals surface area contributed by atoms with Gasteiger partial charge in [-0.1, -0.05) is 42.5 Å². The molecule has 3 nitrogen and oxygen atoms in total. The zero-order valence-corrected chi connectivity index (χ0v) is 13.6. The molecule has 2 N–H and O–H groups in total. The Morgan fingerprint density at radius 3 is 2.25 bits per heavy atom. The summed E-state index contributed by atoms with van der Waals surface area (Å²) in [5.74, 6) is -0.668. The fourth-order valence-electron chi connectivity index (χ4n) is 2.22. The number of benzene rings is 2. The van der Waals surface area contributed by atoms with E-state index in [0.29, 0.717) is 4.90 Å². The van der Waals surface area contributed by atoms with Crippen LogP contribution in [0.25, 0.3) is 0 Å². The minimum atomic E-state index is -4.93. The van der Waals surface area contributed by atoms with Crippen molar-refractivity contribution in [3.05, 3.63) is 65.7 Å². The molecule has 1 unspecified atom stereocenters. The van der Waals surface area contributed by atoms with E-state index >= 15 is 0 Å². The quantitative estimate of drug-likeness (QED) is 0.806. The summed E-state index contributed by atoms with van der Waals surface area (Å²) >= 11 is 1.31. The first kappa shape index (κ1) is 18.4. The van der Waals surface area contributed by atoms with E-state index in [9.17, 15) is 23.1 Å². The van der Waals surface area contributed by atoms with Gasteiger partial charge in [-0.15, -0.1) is 11.8 Å². The fraction of sp³-hybridized carbons (Fsp3) is 0.235. The summed E-state index contributed by atoms with van der Waals surface area (Å²) < 4.78 is 40.1. The van der Waals surface area contributed by atoms with Crippen LogP contribution in [0.5, 0.6) is 0 Å². The molecule has 0 aliphatic carbocycles. The van der Waals surface area contributed by atoms with Crippen LogP contribution < -0.4 is 5.32 Å². The van der Waals surface area contributed by atoms with Gasteiger partial charge in [0.25, 0.3) is 5.91 Å². The molecule has 0 aliphatic heterocycles. The van der Waals surface area contributed by atoms with Gasteiger partial charge in [0, 0.05) is 4.90 Å². The number of amides is 1. The summed E-state index contributed by atoms with van der Waals surface area (Å²) in [6.07, 6.45) is -3.16. The lowest BCUT2D eigenvalue weighted by Gasteiger charge is -2.31. The van der Waals surface area contributed by atoms with Crippen LogP contribution in [0.2, 0.25) is 0 Å². The Hall–Kier alpha value is -1.99. The van der Waals surface area contributed by atoms with Crippen LogP contribution in [0, 0.1) is 0 Å². The van der Waals surface area contributed by atoms with Crippen molar-refractivity contribution < 1.29 is 23.1 Å². The number of hydrogen-bond acceptors (Lipinski definition) is 3. The van der Waals surface area contributed by atoms with E-state index < -0.39 is 24.2 Å². The molecule has 0 heterocycles. The third-order valence-electron chi connectivity index (χ3n) is 3.58. The molecule has 1 amide bonds. The molecule has 0 spiro atoms. The largest absolute Gasteiger partial charge is 0.423 e. The maximum Gasteiger partial charge on any atom is 0.423 e. The van der Waals surface area contributed by atoms with Gasteiger partial charge in [-0.05, 0) is 24.0 Å². The van der Waals surface area contributed by atoms with Gasteiger partial charge in [0.15, 0.2) is 0 Å². The molecule has 0 radical (unpaired) electrons. The van der Waals surface area contributed by atoms with Gasteiger partial charge < -0.3 is 10.4 Å². The lowest BCUT2D eigenvalue weighted by molar-refractivity contribution is -0.263. The van der Waals surface area contributed by atoms with Crippen LogP contribution in [0.1, 0.15) is 15.9 Å². The van der Waals surface area contributed by atoms with E-state index in [1.54, 1.807) is 30.5 Å². The average Bonchev–Trinajstić information content (AvgIpc) is 2.59. The van der Waals surface area contributed by atoms with Gasteiger partial charge >= 0.3 is 6.18 Å². The summed E-state index contributed by atoms with van der Waals surface area (Å²) in [6, 6.07) is 13.3. The van der Waals surface area contributed by atoms with Gasteiger partial charge in [-0.2, -0.15) is 13.2 Å². The first-order valence-corrected chi connectivity index (χ1v) is 8.28. The Morgan fingerprint density at radius 1 is 1.08 bits per heavy atom. The fourth-order valence-corrected chi connectivity index (χ4v) is 2.81. The molecule has 128 valence electrons. The normalized spacial score (nSPS) is 14.0. The standard InChI is InChI=1S/C17H16F3NO2S/c1-24-14-10-6-5-9-13(14)15(22)21-11-16(23,17(18,19)20)12-7-3-2-4-8-12/h2-10,23H,11H2,1H3,(H,21,22). The first-order valence-electron chi connectivity index (χ1n) is 7.05. The Kier molecular flexibility index (Phi) is 5.56. The Labute approximate surface area is 141 Å². The summed E-state index contributed by atoms with van der Waals surface area (Å²) in [6.45, 7) is -0.970. The van der Waals surface area contributed by atoms with E-state index in [0.717, 1.165) is 0 Å². The number of halogens is 3. The zero-order valence-electron chi connectivity index (χ0n) is 12.8. The molecule has 7 heteroatoms. The SMILES string of the molecule is CSc1ccccc1C(=O)NCC(O)(c1ccccc1)C(F)(F)F. The number of aliphatic hydroxyl groups is 1. The third-order valence-corrected chi connectivity index (χ3v) is 4.37. The van der Waals surface area contributed by atoms with E-state index in [1.165, 1.54) is 42.1 Å². The topological polar surface area (TPSA) is 49.3 Å². The zero-order chi connectivity index (χ0) is 17.8. The van der Waals surface area contributed by atoms with Gasteiger partial charge in [-0.25, -0.2) is 0 Å². The highest BCUT2D eigenvalue weighted by Crippen LogP contribution is 2.38. The van der Waals surface area contributed by atoms with Crippen LogP contribution in [0.4, 0.5) is 13.2 Å². The molecule has 0 fully saturated rings. The van der Waals surface area contributed by atoms with E-state index in [1.807, 2.05) is 0 Å². The molecule has 0 saturated carbocycles. The highest BCUT2D eigenvalue weighted by molar-refractivity contribution is 7.98. The second-order valence-electron chi connectivity index (χ2n) is 5.11. The van der Waals surface area contributed by atoms with Crippen LogP contribution in [0.15, 0.2) is 59.5 Å². The van der Waals surface area contributed by atoms with E-state index in [-0.39, 0.29) is 11.1 Å². The number of alkyl halides is 3. The van der Waals surface area contributed by atoms with Crippen molar-refractivity contribution in [2.75, 3.05) is 12.8 Å². The number of rotatable bonds is 5. The highest BCUT2D eigenvalue weighted by atomic mass is 32.2. The molecule has 2 aromatic carbocycles. The Balaban J connectivity index is 2.25. The predicted octanol–water partition coefficient (Wildman–Crippen LogP) is 3.59. The van der Waals surface area contributed by atoms with E-state index in [2.05, 4.69) is 5.32 Å². The van der Waals surface area contributed by atoms with Crippen molar-refractivity contribution >= 4 is 17.7 Å². The van der Waals surface area contributed by atoms with Gasteiger partial charge in [0.05, 0.1) is 12.1 Å². The third kappa shape index (κ3) is 3.73. The highest BCUT2D eigenvalue weighted by Gasteiger charge is 2.55. The Morgan fingerprint density at radius 2 is 1.67 bits per heavy atom. The molecule has 24 heavy (non-hydrogen) atoms. The molecule has 0 aliphatic rings. The maximum atomic E-state index is 13.4. The van der Waals surface area contributed by atoms with Crippen molar-refractivity contribution in [2.24, 2.45) is 0 Å². The van der Waals surface area contributed by atoms with Gasteiger partial charge in [0.1, 0.15) is 0 Å². The smallest absolute Gasteiger partial charge is 0.375 e. The number of thioether (sulfide) groups is 1.